The molecule has 154 valence electrons. The van der Waals surface area contributed by atoms with Crippen LogP contribution in [0.2, 0.25) is 10.0 Å². The number of ether oxygens (including phenoxy) is 1. The summed E-state index contributed by atoms with van der Waals surface area (Å²) in [6.45, 7) is 6.66. The summed E-state index contributed by atoms with van der Waals surface area (Å²) in [4.78, 5) is 11.4. The number of benzene rings is 1. The lowest BCUT2D eigenvalue weighted by Crippen LogP contribution is -2.16. The topological polar surface area (TPSA) is 35.0 Å². The van der Waals surface area contributed by atoms with Gasteiger partial charge in [-0.25, -0.2) is 9.97 Å². The van der Waals surface area contributed by atoms with Crippen molar-refractivity contribution in [1.82, 2.24) is 9.97 Å². The molecule has 0 unspecified atom stereocenters. The molecule has 3 aromatic rings. The first-order valence-corrected chi connectivity index (χ1v) is 11.8. The van der Waals surface area contributed by atoms with Crippen molar-refractivity contribution in [3.05, 3.63) is 39.4 Å². The Morgan fingerprint density at radius 1 is 1.00 bits per heavy atom. The van der Waals surface area contributed by atoms with Crippen molar-refractivity contribution in [1.29, 1.82) is 0 Å². The summed E-state index contributed by atoms with van der Waals surface area (Å²) in [6.07, 6.45) is 9.03. The molecule has 29 heavy (non-hydrogen) atoms. The van der Waals surface area contributed by atoms with Crippen LogP contribution >= 0.6 is 34.5 Å². The highest BCUT2D eigenvalue weighted by atomic mass is 35.5. The molecule has 2 aromatic heterocycles. The van der Waals surface area contributed by atoms with E-state index in [1.54, 1.807) is 17.7 Å². The molecule has 2 heterocycles. The largest absolute Gasteiger partial charge is 0.474 e. The van der Waals surface area contributed by atoms with Gasteiger partial charge in [-0.2, -0.15) is 0 Å². The molecular formula is C23H26Cl2N2OS. The Morgan fingerprint density at radius 2 is 1.72 bits per heavy atom. The number of nitrogens with zero attached hydrogens (tertiary/aromatic N) is 2. The van der Waals surface area contributed by atoms with Gasteiger partial charge in [-0.3, -0.25) is 0 Å². The molecule has 0 aliphatic heterocycles. The first-order valence-electron chi connectivity index (χ1n) is 10.2. The SMILES string of the molecule is CC(C)(C)c1sc2ncnc(OC3CCCCCC3)c2c1-c1ccc(Cl)c(Cl)c1. The van der Waals surface area contributed by atoms with E-state index in [0.29, 0.717) is 15.9 Å². The molecule has 0 N–H and O–H groups in total. The zero-order valence-corrected chi connectivity index (χ0v) is 19.4. The van der Waals surface area contributed by atoms with Gasteiger partial charge >= 0.3 is 0 Å². The maximum Gasteiger partial charge on any atom is 0.226 e. The Labute approximate surface area is 186 Å². The molecule has 0 amide bonds. The van der Waals surface area contributed by atoms with Gasteiger partial charge in [-0.15, -0.1) is 11.3 Å². The van der Waals surface area contributed by atoms with Crippen molar-refractivity contribution in [3.8, 4) is 17.0 Å². The van der Waals surface area contributed by atoms with Crippen molar-refractivity contribution in [2.75, 3.05) is 0 Å². The zero-order chi connectivity index (χ0) is 20.6. The second-order valence-corrected chi connectivity index (χ2v) is 10.6. The van der Waals surface area contributed by atoms with E-state index < -0.39 is 0 Å². The number of hydrogen-bond donors (Lipinski definition) is 0. The van der Waals surface area contributed by atoms with Crippen molar-refractivity contribution in [2.45, 2.75) is 70.8 Å². The van der Waals surface area contributed by atoms with Gasteiger partial charge in [0, 0.05) is 10.4 Å². The van der Waals surface area contributed by atoms with Gasteiger partial charge in [0.1, 0.15) is 17.3 Å². The summed E-state index contributed by atoms with van der Waals surface area (Å²) >= 11 is 14.3. The molecule has 1 fully saturated rings. The fourth-order valence-electron chi connectivity index (χ4n) is 3.97. The molecule has 1 aliphatic carbocycles. The van der Waals surface area contributed by atoms with Crippen molar-refractivity contribution < 1.29 is 4.74 Å². The smallest absolute Gasteiger partial charge is 0.226 e. The summed E-state index contributed by atoms with van der Waals surface area (Å²) in [5, 5.41) is 2.09. The highest BCUT2D eigenvalue weighted by Crippen LogP contribution is 2.47. The van der Waals surface area contributed by atoms with E-state index in [9.17, 15) is 0 Å². The minimum absolute atomic E-state index is 0.0492. The van der Waals surface area contributed by atoms with E-state index in [1.807, 2.05) is 18.2 Å². The Balaban J connectivity index is 1.89. The van der Waals surface area contributed by atoms with E-state index in [-0.39, 0.29) is 11.5 Å². The average Bonchev–Trinajstić information content (AvgIpc) is 2.90. The maximum absolute atomic E-state index is 6.49. The molecule has 0 bridgehead atoms. The molecule has 0 atom stereocenters. The predicted molar refractivity (Wildman–Crippen MR) is 124 cm³/mol. The van der Waals surface area contributed by atoms with Crippen LogP contribution in [0.4, 0.5) is 0 Å². The second-order valence-electron chi connectivity index (χ2n) is 8.78. The summed E-state index contributed by atoms with van der Waals surface area (Å²) in [7, 11) is 0. The lowest BCUT2D eigenvalue weighted by atomic mass is 9.88. The Morgan fingerprint density at radius 3 is 2.38 bits per heavy atom. The standard InChI is InChI=1S/C23H26Cl2N2OS/c1-23(2,3)20-18(14-10-11-16(24)17(25)12-14)19-21(26-13-27-22(19)29-20)28-15-8-6-4-5-7-9-15/h10-13,15H,4-9H2,1-3H3. The normalized spacial score (nSPS) is 16.2. The number of thiophene rings is 1. The fourth-order valence-corrected chi connectivity index (χ4v) is 5.48. The van der Waals surface area contributed by atoms with Crippen LogP contribution in [0.3, 0.4) is 0 Å². The molecule has 0 spiro atoms. The van der Waals surface area contributed by atoms with Crippen LogP contribution in [0, 0.1) is 0 Å². The molecule has 1 aliphatic rings. The highest BCUT2D eigenvalue weighted by Gasteiger charge is 2.28. The molecule has 1 aromatic carbocycles. The van der Waals surface area contributed by atoms with E-state index in [2.05, 4.69) is 30.7 Å². The molecule has 6 heteroatoms. The fraction of sp³-hybridized carbons (Fsp3) is 0.478. The van der Waals surface area contributed by atoms with E-state index in [4.69, 9.17) is 27.9 Å². The average molecular weight is 449 g/mol. The van der Waals surface area contributed by atoms with E-state index in [0.717, 1.165) is 34.2 Å². The van der Waals surface area contributed by atoms with Crippen LogP contribution in [0.15, 0.2) is 24.5 Å². The highest BCUT2D eigenvalue weighted by molar-refractivity contribution is 7.19. The van der Waals surface area contributed by atoms with Gasteiger partial charge in [-0.05, 0) is 48.8 Å². The van der Waals surface area contributed by atoms with Gasteiger partial charge in [0.2, 0.25) is 5.88 Å². The number of aromatic nitrogens is 2. The number of hydrogen-bond acceptors (Lipinski definition) is 4. The van der Waals surface area contributed by atoms with E-state index in [1.165, 1.54) is 30.6 Å². The number of fused-ring (bicyclic) bond motifs is 1. The van der Waals surface area contributed by atoms with Gasteiger partial charge < -0.3 is 4.74 Å². The minimum Gasteiger partial charge on any atom is -0.474 e. The van der Waals surface area contributed by atoms with Crippen molar-refractivity contribution in [3.63, 3.8) is 0 Å². The Bertz CT molecular complexity index is 1020. The lowest BCUT2D eigenvalue weighted by Gasteiger charge is -2.20. The quantitative estimate of drug-likeness (QED) is 0.379. The molecule has 4 rings (SSSR count). The lowest BCUT2D eigenvalue weighted by molar-refractivity contribution is 0.179. The van der Waals surface area contributed by atoms with Crippen LogP contribution in [-0.4, -0.2) is 16.1 Å². The van der Waals surface area contributed by atoms with E-state index >= 15 is 0 Å². The zero-order valence-electron chi connectivity index (χ0n) is 17.1. The predicted octanol–water partition coefficient (Wildman–Crippen LogP) is 8.06. The molecule has 1 saturated carbocycles. The summed E-state index contributed by atoms with van der Waals surface area (Å²) in [5.74, 6) is 0.690. The third-order valence-corrected chi connectivity index (χ3v) is 7.69. The van der Waals surface area contributed by atoms with Gasteiger partial charge in [0.05, 0.1) is 15.4 Å². The molecule has 0 saturated heterocycles. The summed E-state index contributed by atoms with van der Waals surface area (Å²) in [5.41, 5.74) is 2.09. The minimum atomic E-state index is -0.0492. The van der Waals surface area contributed by atoms with Gasteiger partial charge in [0.15, 0.2) is 0 Å². The second kappa shape index (κ2) is 8.41. The van der Waals surface area contributed by atoms with Crippen LogP contribution in [0.25, 0.3) is 21.3 Å². The summed E-state index contributed by atoms with van der Waals surface area (Å²) < 4.78 is 6.49. The first kappa shape index (κ1) is 20.9. The van der Waals surface area contributed by atoms with Gasteiger partial charge in [-0.1, -0.05) is 62.9 Å². The molecule has 0 radical (unpaired) electrons. The first-order chi connectivity index (χ1) is 13.8. The third-order valence-electron chi connectivity index (χ3n) is 5.42. The Hall–Kier alpha value is -1.36. The van der Waals surface area contributed by atoms with Crippen LogP contribution in [0.1, 0.15) is 64.2 Å². The van der Waals surface area contributed by atoms with Crippen molar-refractivity contribution in [2.24, 2.45) is 0 Å². The monoisotopic (exact) mass is 448 g/mol. The van der Waals surface area contributed by atoms with Gasteiger partial charge in [0.25, 0.3) is 0 Å². The third kappa shape index (κ3) is 4.40. The van der Waals surface area contributed by atoms with Crippen molar-refractivity contribution >= 4 is 44.8 Å². The summed E-state index contributed by atoms with van der Waals surface area (Å²) in [6, 6.07) is 5.81. The van der Waals surface area contributed by atoms with Crippen LogP contribution < -0.4 is 4.74 Å². The Kier molecular flexibility index (Phi) is 6.06. The molecular weight excluding hydrogens is 423 g/mol. The maximum atomic E-state index is 6.49. The molecule has 3 nitrogen and oxygen atoms in total. The number of rotatable bonds is 3. The number of halogens is 2. The van der Waals surface area contributed by atoms with Crippen LogP contribution in [-0.2, 0) is 5.41 Å². The van der Waals surface area contributed by atoms with Crippen LogP contribution in [0.5, 0.6) is 5.88 Å².